The summed E-state index contributed by atoms with van der Waals surface area (Å²) in [5, 5.41) is 10.5. The van der Waals surface area contributed by atoms with Gasteiger partial charge in [0.15, 0.2) is 0 Å². The Morgan fingerprint density at radius 3 is 2.25 bits per heavy atom. The van der Waals surface area contributed by atoms with Crippen molar-refractivity contribution in [3.63, 3.8) is 0 Å². The molecule has 1 atom stereocenters. The Balaban J connectivity index is 2.06. The standard InChI is InChI=1S/C14H14ClNO3S/c15-12-6-8-13(9-7-12)16-20(18,19)10-14(17)11-4-2-1-3-5-11/h1-9,14,16-17H,10H2. The zero-order valence-electron chi connectivity index (χ0n) is 10.5. The lowest BCUT2D eigenvalue weighted by molar-refractivity contribution is 0.202. The van der Waals surface area contributed by atoms with Gasteiger partial charge >= 0.3 is 0 Å². The third kappa shape index (κ3) is 4.23. The summed E-state index contributed by atoms with van der Waals surface area (Å²) in [6, 6.07) is 15.0. The minimum atomic E-state index is -3.64. The van der Waals surface area contributed by atoms with Crippen LogP contribution in [0.3, 0.4) is 0 Å². The maximum atomic E-state index is 12.0. The number of benzene rings is 2. The van der Waals surface area contributed by atoms with E-state index in [1.54, 1.807) is 54.6 Å². The van der Waals surface area contributed by atoms with Gasteiger partial charge in [0.25, 0.3) is 0 Å². The molecule has 2 aromatic rings. The molecule has 2 aromatic carbocycles. The van der Waals surface area contributed by atoms with E-state index in [-0.39, 0.29) is 0 Å². The fourth-order valence-corrected chi connectivity index (χ4v) is 3.03. The van der Waals surface area contributed by atoms with E-state index < -0.39 is 21.9 Å². The van der Waals surface area contributed by atoms with Gasteiger partial charge in [-0.25, -0.2) is 8.42 Å². The molecule has 2 N–H and O–H groups in total. The van der Waals surface area contributed by atoms with Crippen molar-refractivity contribution >= 4 is 27.3 Å². The van der Waals surface area contributed by atoms with Crippen LogP contribution in [0.4, 0.5) is 5.69 Å². The minimum Gasteiger partial charge on any atom is -0.387 e. The van der Waals surface area contributed by atoms with Crippen LogP contribution < -0.4 is 4.72 Å². The predicted molar refractivity (Wildman–Crippen MR) is 80.3 cm³/mol. The zero-order chi connectivity index (χ0) is 14.6. The van der Waals surface area contributed by atoms with E-state index in [1.165, 1.54) is 0 Å². The van der Waals surface area contributed by atoms with Gasteiger partial charge in [0.05, 0.1) is 11.9 Å². The molecule has 0 aromatic heterocycles. The Morgan fingerprint density at radius 1 is 1.05 bits per heavy atom. The summed E-state index contributed by atoms with van der Waals surface area (Å²) >= 11 is 5.73. The Labute approximate surface area is 123 Å². The number of sulfonamides is 1. The van der Waals surface area contributed by atoms with Crippen molar-refractivity contribution < 1.29 is 13.5 Å². The number of anilines is 1. The lowest BCUT2D eigenvalue weighted by Crippen LogP contribution is -2.21. The van der Waals surface area contributed by atoms with Gasteiger partial charge in [-0.1, -0.05) is 41.9 Å². The van der Waals surface area contributed by atoms with Gasteiger partial charge in [-0.2, -0.15) is 0 Å². The van der Waals surface area contributed by atoms with Crippen LogP contribution in [0.2, 0.25) is 5.02 Å². The molecule has 6 heteroatoms. The monoisotopic (exact) mass is 311 g/mol. The molecule has 0 aliphatic rings. The third-order valence-electron chi connectivity index (χ3n) is 2.68. The number of aliphatic hydroxyl groups excluding tert-OH is 1. The topological polar surface area (TPSA) is 66.4 Å². The van der Waals surface area contributed by atoms with Crippen LogP contribution in [0.15, 0.2) is 54.6 Å². The first-order chi connectivity index (χ1) is 9.46. The molecule has 0 radical (unpaired) electrons. The van der Waals surface area contributed by atoms with Crippen LogP contribution in [0.25, 0.3) is 0 Å². The molecule has 0 heterocycles. The quantitative estimate of drug-likeness (QED) is 0.892. The number of nitrogens with one attached hydrogen (secondary N) is 1. The van der Waals surface area contributed by atoms with Crippen molar-refractivity contribution in [2.24, 2.45) is 0 Å². The molecule has 0 amide bonds. The van der Waals surface area contributed by atoms with E-state index >= 15 is 0 Å². The summed E-state index contributed by atoms with van der Waals surface area (Å²) in [5.74, 6) is -0.403. The molecule has 1 unspecified atom stereocenters. The van der Waals surface area contributed by atoms with Gasteiger partial charge in [-0.15, -0.1) is 0 Å². The van der Waals surface area contributed by atoms with E-state index in [2.05, 4.69) is 4.72 Å². The Morgan fingerprint density at radius 2 is 1.65 bits per heavy atom. The van der Waals surface area contributed by atoms with Crippen molar-refractivity contribution in [3.05, 3.63) is 65.2 Å². The highest BCUT2D eigenvalue weighted by Crippen LogP contribution is 2.18. The van der Waals surface area contributed by atoms with Crippen molar-refractivity contribution in [2.45, 2.75) is 6.10 Å². The van der Waals surface area contributed by atoms with Crippen LogP contribution in [0, 0.1) is 0 Å². The van der Waals surface area contributed by atoms with E-state index in [9.17, 15) is 13.5 Å². The second-order valence-electron chi connectivity index (χ2n) is 4.32. The second kappa shape index (κ2) is 6.26. The molecule has 2 rings (SSSR count). The van der Waals surface area contributed by atoms with Crippen molar-refractivity contribution in [2.75, 3.05) is 10.5 Å². The lowest BCUT2D eigenvalue weighted by Gasteiger charge is -2.13. The average Bonchev–Trinajstić information content (AvgIpc) is 2.41. The first kappa shape index (κ1) is 14.8. The van der Waals surface area contributed by atoms with Crippen LogP contribution in [0.5, 0.6) is 0 Å². The SMILES string of the molecule is O=S(=O)(CC(O)c1ccccc1)Nc1ccc(Cl)cc1. The van der Waals surface area contributed by atoms with Crippen molar-refractivity contribution in [1.82, 2.24) is 0 Å². The largest absolute Gasteiger partial charge is 0.387 e. The fraction of sp³-hybridized carbons (Fsp3) is 0.143. The van der Waals surface area contributed by atoms with Crippen molar-refractivity contribution in [1.29, 1.82) is 0 Å². The minimum absolute atomic E-state index is 0.403. The summed E-state index contributed by atoms with van der Waals surface area (Å²) in [7, 11) is -3.64. The summed E-state index contributed by atoms with van der Waals surface area (Å²) in [6.07, 6.45) is -1.07. The Bertz CT molecular complexity index is 657. The molecular weight excluding hydrogens is 298 g/mol. The summed E-state index contributed by atoms with van der Waals surface area (Å²) in [5.41, 5.74) is 0.976. The maximum absolute atomic E-state index is 12.0. The highest BCUT2D eigenvalue weighted by molar-refractivity contribution is 7.92. The molecule has 20 heavy (non-hydrogen) atoms. The Kier molecular flexibility index (Phi) is 4.65. The number of hydrogen-bond donors (Lipinski definition) is 2. The van der Waals surface area contributed by atoms with Crippen LogP contribution in [0.1, 0.15) is 11.7 Å². The van der Waals surface area contributed by atoms with E-state index in [4.69, 9.17) is 11.6 Å². The fourth-order valence-electron chi connectivity index (χ4n) is 1.72. The highest BCUT2D eigenvalue weighted by atomic mass is 35.5. The summed E-state index contributed by atoms with van der Waals surface area (Å²) in [6.45, 7) is 0. The molecule has 0 bridgehead atoms. The summed E-state index contributed by atoms with van der Waals surface area (Å²) < 4.78 is 26.3. The van der Waals surface area contributed by atoms with Crippen LogP contribution in [-0.2, 0) is 10.0 Å². The molecular formula is C14H14ClNO3S. The number of aliphatic hydroxyl groups is 1. The molecule has 0 aliphatic heterocycles. The molecule has 0 spiro atoms. The van der Waals surface area contributed by atoms with E-state index in [1.807, 2.05) is 0 Å². The molecule has 106 valence electrons. The van der Waals surface area contributed by atoms with Gasteiger partial charge in [-0.3, -0.25) is 4.72 Å². The maximum Gasteiger partial charge on any atom is 0.235 e. The average molecular weight is 312 g/mol. The molecule has 0 fully saturated rings. The van der Waals surface area contributed by atoms with Gasteiger partial charge in [0, 0.05) is 10.7 Å². The van der Waals surface area contributed by atoms with Crippen LogP contribution >= 0.6 is 11.6 Å². The van der Waals surface area contributed by atoms with Gasteiger partial charge in [0.2, 0.25) is 10.0 Å². The second-order valence-corrected chi connectivity index (χ2v) is 6.52. The molecule has 0 saturated heterocycles. The van der Waals surface area contributed by atoms with E-state index in [0.29, 0.717) is 16.3 Å². The van der Waals surface area contributed by atoms with Gasteiger partial charge in [0.1, 0.15) is 0 Å². The van der Waals surface area contributed by atoms with Gasteiger partial charge in [-0.05, 0) is 29.8 Å². The predicted octanol–water partition coefficient (Wildman–Crippen LogP) is 2.82. The smallest absolute Gasteiger partial charge is 0.235 e. The molecule has 0 saturated carbocycles. The first-order valence-corrected chi connectivity index (χ1v) is 7.98. The normalized spacial score (nSPS) is 12.9. The first-order valence-electron chi connectivity index (χ1n) is 5.95. The lowest BCUT2D eigenvalue weighted by atomic mass is 10.1. The van der Waals surface area contributed by atoms with Crippen LogP contribution in [-0.4, -0.2) is 19.3 Å². The van der Waals surface area contributed by atoms with Gasteiger partial charge < -0.3 is 5.11 Å². The third-order valence-corrected chi connectivity index (χ3v) is 4.23. The molecule has 0 aliphatic carbocycles. The van der Waals surface area contributed by atoms with Crippen molar-refractivity contribution in [3.8, 4) is 0 Å². The van der Waals surface area contributed by atoms with E-state index in [0.717, 1.165) is 0 Å². The molecule has 4 nitrogen and oxygen atoms in total. The highest BCUT2D eigenvalue weighted by Gasteiger charge is 2.18. The zero-order valence-corrected chi connectivity index (χ0v) is 12.1. The Hall–Kier alpha value is -1.56. The number of rotatable bonds is 5. The summed E-state index contributed by atoms with van der Waals surface area (Å²) in [4.78, 5) is 0. The number of hydrogen-bond acceptors (Lipinski definition) is 3. The number of halogens is 1.